The highest BCUT2D eigenvalue weighted by Crippen LogP contribution is 2.37. The molecular weight excluding hydrogens is 240 g/mol. The Morgan fingerprint density at radius 1 is 1.16 bits per heavy atom. The number of amides is 2. The zero-order valence-corrected chi connectivity index (χ0v) is 11.0. The Morgan fingerprint density at radius 3 is 2.47 bits per heavy atom. The molecule has 19 heavy (non-hydrogen) atoms. The van der Waals surface area contributed by atoms with Crippen LogP contribution < -0.4 is 5.32 Å². The summed E-state index contributed by atoms with van der Waals surface area (Å²) in [5.74, 6) is 0.620. The number of carbonyl (C=O) groups excluding carboxylic acids is 2. The minimum atomic E-state index is -0.458. The minimum absolute atomic E-state index is 0.0327. The van der Waals surface area contributed by atoms with E-state index in [-0.39, 0.29) is 24.4 Å². The first kappa shape index (κ1) is 12.2. The zero-order valence-electron chi connectivity index (χ0n) is 11.0. The molecule has 100 valence electrons. The largest absolute Gasteiger partial charge is 0.345 e. The molecule has 4 heteroatoms. The van der Waals surface area contributed by atoms with E-state index in [9.17, 15) is 9.59 Å². The van der Waals surface area contributed by atoms with Crippen LogP contribution in [-0.4, -0.2) is 29.3 Å². The second-order valence-corrected chi connectivity index (χ2v) is 5.56. The SMILES string of the molecule is CC1CC(N2C(=O)CNC(=O)C2c2ccccc2)C1. The van der Waals surface area contributed by atoms with Gasteiger partial charge in [0.15, 0.2) is 0 Å². The van der Waals surface area contributed by atoms with Gasteiger partial charge in [0, 0.05) is 6.04 Å². The van der Waals surface area contributed by atoms with Crippen LogP contribution in [0.25, 0.3) is 0 Å². The van der Waals surface area contributed by atoms with Crippen molar-refractivity contribution in [1.29, 1.82) is 0 Å². The van der Waals surface area contributed by atoms with Crippen molar-refractivity contribution >= 4 is 11.8 Å². The normalized spacial score (nSPS) is 30.8. The van der Waals surface area contributed by atoms with Crippen molar-refractivity contribution in [3.63, 3.8) is 0 Å². The maximum atomic E-state index is 12.2. The molecule has 2 fully saturated rings. The van der Waals surface area contributed by atoms with Gasteiger partial charge in [-0.1, -0.05) is 37.3 Å². The Balaban J connectivity index is 1.92. The highest BCUT2D eigenvalue weighted by atomic mass is 16.2. The van der Waals surface area contributed by atoms with E-state index in [2.05, 4.69) is 12.2 Å². The molecule has 1 N–H and O–H groups in total. The number of piperazine rings is 1. The Morgan fingerprint density at radius 2 is 1.84 bits per heavy atom. The predicted octanol–water partition coefficient (Wildman–Crippen LogP) is 1.48. The summed E-state index contributed by atoms with van der Waals surface area (Å²) in [6.07, 6.45) is 2.00. The van der Waals surface area contributed by atoms with Gasteiger partial charge in [0.1, 0.15) is 6.04 Å². The van der Waals surface area contributed by atoms with Gasteiger partial charge in [-0.2, -0.15) is 0 Å². The molecular formula is C15H18N2O2. The van der Waals surface area contributed by atoms with Gasteiger partial charge in [-0.05, 0) is 24.3 Å². The van der Waals surface area contributed by atoms with Gasteiger partial charge in [-0.25, -0.2) is 0 Å². The van der Waals surface area contributed by atoms with Gasteiger partial charge in [0.05, 0.1) is 6.54 Å². The van der Waals surface area contributed by atoms with Crippen molar-refractivity contribution in [3.8, 4) is 0 Å². The maximum absolute atomic E-state index is 12.2. The van der Waals surface area contributed by atoms with Gasteiger partial charge in [-0.3, -0.25) is 9.59 Å². The minimum Gasteiger partial charge on any atom is -0.345 e. The molecule has 1 aliphatic heterocycles. The molecule has 0 radical (unpaired) electrons. The number of nitrogens with one attached hydrogen (secondary N) is 1. The topological polar surface area (TPSA) is 49.4 Å². The average Bonchev–Trinajstić information content (AvgIpc) is 2.39. The lowest BCUT2D eigenvalue weighted by Gasteiger charge is -2.47. The molecule has 1 heterocycles. The molecule has 1 aromatic carbocycles. The fraction of sp³-hybridized carbons (Fsp3) is 0.467. The number of benzene rings is 1. The lowest BCUT2D eigenvalue weighted by atomic mass is 9.79. The molecule has 1 saturated heterocycles. The molecule has 1 atom stereocenters. The number of carbonyl (C=O) groups is 2. The first-order chi connectivity index (χ1) is 9.16. The predicted molar refractivity (Wildman–Crippen MR) is 71.2 cm³/mol. The molecule has 1 unspecified atom stereocenters. The third-order valence-corrected chi connectivity index (χ3v) is 4.09. The second-order valence-electron chi connectivity index (χ2n) is 5.56. The van der Waals surface area contributed by atoms with E-state index < -0.39 is 6.04 Å². The van der Waals surface area contributed by atoms with Crippen LogP contribution in [0.5, 0.6) is 0 Å². The zero-order chi connectivity index (χ0) is 13.4. The monoisotopic (exact) mass is 258 g/mol. The third-order valence-electron chi connectivity index (χ3n) is 4.09. The van der Waals surface area contributed by atoms with Crippen LogP contribution in [0.4, 0.5) is 0 Å². The number of nitrogens with zero attached hydrogens (tertiary/aromatic N) is 1. The number of hydrogen-bond donors (Lipinski definition) is 1. The molecule has 1 aliphatic carbocycles. The lowest BCUT2D eigenvalue weighted by molar-refractivity contribution is -0.151. The van der Waals surface area contributed by atoms with E-state index in [1.54, 1.807) is 4.90 Å². The fourth-order valence-corrected chi connectivity index (χ4v) is 3.07. The van der Waals surface area contributed by atoms with E-state index in [4.69, 9.17) is 0 Å². The van der Waals surface area contributed by atoms with Crippen LogP contribution in [-0.2, 0) is 9.59 Å². The van der Waals surface area contributed by atoms with Crippen molar-refractivity contribution in [2.75, 3.05) is 6.54 Å². The summed E-state index contributed by atoms with van der Waals surface area (Å²) in [5.41, 5.74) is 0.896. The van der Waals surface area contributed by atoms with Crippen LogP contribution in [0.15, 0.2) is 30.3 Å². The van der Waals surface area contributed by atoms with Gasteiger partial charge in [-0.15, -0.1) is 0 Å². The summed E-state index contributed by atoms with van der Waals surface area (Å²) in [4.78, 5) is 26.1. The number of hydrogen-bond acceptors (Lipinski definition) is 2. The molecule has 1 saturated carbocycles. The van der Waals surface area contributed by atoms with Crippen molar-refractivity contribution in [3.05, 3.63) is 35.9 Å². The molecule has 2 amide bonds. The average molecular weight is 258 g/mol. The Kier molecular flexibility index (Phi) is 3.01. The molecule has 0 spiro atoms. The van der Waals surface area contributed by atoms with Gasteiger partial charge in [0.25, 0.3) is 0 Å². The van der Waals surface area contributed by atoms with Crippen molar-refractivity contribution in [2.45, 2.75) is 31.8 Å². The quantitative estimate of drug-likeness (QED) is 0.873. The summed E-state index contributed by atoms with van der Waals surface area (Å²) in [6.45, 7) is 2.32. The molecule has 4 nitrogen and oxygen atoms in total. The Hall–Kier alpha value is -1.84. The van der Waals surface area contributed by atoms with Gasteiger partial charge < -0.3 is 10.2 Å². The molecule has 2 aliphatic rings. The summed E-state index contributed by atoms with van der Waals surface area (Å²) < 4.78 is 0. The van der Waals surface area contributed by atoms with Crippen LogP contribution in [0.3, 0.4) is 0 Å². The molecule has 0 bridgehead atoms. The first-order valence-corrected chi connectivity index (χ1v) is 6.80. The van der Waals surface area contributed by atoms with Crippen molar-refractivity contribution in [1.82, 2.24) is 10.2 Å². The third kappa shape index (κ3) is 2.11. The van der Waals surface area contributed by atoms with Crippen LogP contribution >= 0.6 is 0 Å². The summed E-state index contributed by atoms with van der Waals surface area (Å²) >= 11 is 0. The highest BCUT2D eigenvalue weighted by Gasteiger charge is 2.43. The summed E-state index contributed by atoms with van der Waals surface area (Å²) in [7, 11) is 0. The summed E-state index contributed by atoms with van der Waals surface area (Å²) in [5, 5.41) is 2.69. The Labute approximate surface area is 112 Å². The van der Waals surface area contributed by atoms with Crippen molar-refractivity contribution < 1.29 is 9.59 Å². The molecule has 1 aromatic rings. The number of rotatable bonds is 2. The fourth-order valence-electron chi connectivity index (χ4n) is 3.07. The van der Waals surface area contributed by atoms with E-state index >= 15 is 0 Å². The summed E-state index contributed by atoms with van der Waals surface area (Å²) in [6, 6.07) is 9.32. The molecule has 3 rings (SSSR count). The van der Waals surface area contributed by atoms with Gasteiger partial charge in [0.2, 0.25) is 11.8 Å². The van der Waals surface area contributed by atoms with E-state index in [1.807, 2.05) is 30.3 Å². The molecule has 0 aromatic heterocycles. The first-order valence-electron chi connectivity index (χ1n) is 6.80. The lowest BCUT2D eigenvalue weighted by Crippen LogP contribution is -2.59. The van der Waals surface area contributed by atoms with Crippen LogP contribution in [0, 0.1) is 5.92 Å². The Bertz CT molecular complexity index is 494. The second kappa shape index (κ2) is 4.68. The highest BCUT2D eigenvalue weighted by molar-refractivity contribution is 5.95. The van der Waals surface area contributed by atoms with E-state index in [1.165, 1.54) is 0 Å². The maximum Gasteiger partial charge on any atom is 0.247 e. The van der Waals surface area contributed by atoms with E-state index in [0.717, 1.165) is 18.4 Å². The van der Waals surface area contributed by atoms with Crippen molar-refractivity contribution in [2.24, 2.45) is 5.92 Å². The standard InChI is InChI=1S/C15H18N2O2/c1-10-7-12(8-10)17-13(18)9-16-15(19)14(17)11-5-3-2-4-6-11/h2-6,10,12,14H,7-9H2,1H3,(H,16,19). The van der Waals surface area contributed by atoms with Crippen LogP contribution in [0.2, 0.25) is 0 Å². The van der Waals surface area contributed by atoms with E-state index in [0.29, 0.717) is 5.92 Å². The van der Waals surface area contributed by atoms with Gasteiger partial charge >= 0.3 is 0 Å². The smallest absolute Gasteiger partial charge is 0.247 e. The van der Waals surface area contributed by atoms with Crippen LogP contribution in [0.1, 0.15) is 31.4 Å².